The van der Waals surface area contributed by atoms with Gasteiger partial charge >= 0.3 is 17.9 Å². The largest absolute Gasteiger partial charge is 0.481 e. The van der Waals surface area contributed by atoms with E-state index < -0.39 is 30.0 Å². The first-order valence-corrected chi connectivity index (χ1v) is 14.8. The zero-order chi connectivity index (χ0) is 31.2. The molecule has 12 heteroatoms. The average Bonchev–Trinajstić information content (AvgIpc) is 2.95. The van der Waals surface area contributed by atoms with Gasteiger partial charge < -0.3 is 31.3 Å². The standard InChI is InChI=1S/C30H48N4O8/c1-31-23(20-22-12-6-5-7-13-22)21-27(36)33-18-10-4-2-3-8-15-26(35)32-19-11-9-14-24(29(39)40)34-25(30(41)42)16-17-28(37)38/h5-7,12-13,23-25,31,34H,2-4,8-11,14-21H2,1H3,(H,32,35)(H,33,36)(H,37,38)(H,39,40)(H,41,42)/t23?,24?,25-/m0/s1. The Morgan fingerprint density at radius 2 is 1.26 bits per heavy atom. The predicted molar refractivity (Wildman–Crippen MR) is 158 cm³/mol. The fourth-order valence-electron chi connectivity index (χ4n) is 4.50. The Labute approximate surface area is 248 Å². The summed E-state index contributed by atoms with van der Waals surface area (Å²) in [6.45, 7) is 1.03. The molecule has 1 aromatic rings. The van der Waals surface area contributed by atoms with E-state index in [1.807, 2.05) is 25.2 Å². The maximum atomic E-state index is 12.3. The molecule has 0 fully saturated rings. The molecule has 1 rings (SSSR count). The number of hydrogen-bond donors (Lipinski definition) is 7. The van der Waals surface area contributed by atoms with Crippen molar-refractivity contribution in [2.75, 3.05) is 20.1 Å². The van der Waals surface area contributed by atoms with Gasteiger partial charge in [0.25, 0.3) is 0 Å². The van der Waals surface area contributed by atoms with Crippen molar-refractivity contribution in [1.82, 2.24) is 21.3 Å². The Morgan fingerprint density at radius 3 is 1.88 bits per heavy atom. The van der Waals surface area contributed by atoms with Crippen LogP contribution in [0.3, 0.4) is 0 Å². The molecule has 0 spiro atoms. The molecule has 0 radical (unpaired) electrons. The van der Waals surface area contributed by atoms with Gasteiger partial charge in [0.1, 0.15) is 12.1 Å². The molecule has 1 aromatic carbocycles. The van der Waals surface area contributed by atoms with Crippen molar-refractivity contribution >= 4 is 29.7 Å². The number of carboxylic acid groups (broad SMARTS) is 3. The van der Waals surface area contributed by atoms with Crippen LogP contribution in [-0.4, -0.2) is 83.3 Å². The van der Waals surface area contributed by atoms with Crippen LogP contribution in [0, 0.1) is 0 Å². The summed E-state index contributed by atoms with van der Waals surface area (Å²) >= 11 is 0. The topological polar surface area (TPSA) is 194 Å². The number of nitrogens with one attached hydrogen (secondary N) is 4. The van der Waals surface area contributed by atoms with Crippen molar-refractivity contribution in [3.8, 4) is 0 Å². The molecule has 0 aliphatic rings. The smallest absolute Gasteiger partial charge is 0.320 e. The Balaban J connectivity index is 2.08. The van der Waals surface area contributed by atoms with E-state index >= 15 is 0 Å². The van der Waals surface area contributed by atoms with Gasteiger partial charge in [-0.1, -0.05) is 49.6 Å². The van der Waals surface area contributed by atoms with Gasteiger partial charge in [-0.05, 0) is 57.6 Å². The number of hydrogen-bond acceptors (Lipinski definition) is 7. The van der Waals surface area contributed by atoms with E-state index in [1.165, 1.54) is 5.56 Å². The third-order valence-electron chi connectivity index (χ3n) is 6.95. The number of carboxylic acids is 3. The zero-order valence-corrected chi connectivity index (χ0v) is 24.6. The fraction of sp³-hybridized carbons (Fsp3) is 0.633. The highest BCUT2D eigenvalue weighted by atomic mass is 16.4. The lowest BCUT2D eigenvalue weighted by Gasteiger charge is -2.20. The van der Waals surface area contributed by atoms with Crippen LogP contribution in [0.1, 0.15) is 82.6 Å². The molecule has 0 saturated heterocycles. The molecule has 2 unspecified atom stereocenters. The monoisotopic (exact) mass is 592 g/mol. The average molecular weight is 593 g/mol. The molecule has 12 nitrogen and oxygen atoms in total. The Hall–Kier alpha value is -3.51. The van der Waals surface area contributed by atoms with E-state index in [0.717, 1.165) is 38.5 Å². The van der Waals surface area contributed by atoms with Crippen molar-refractivity contribution in [1.29, 1.82) is 0 Å². The number of benzene rings is 1. The van der Waals surface area contributed by atoms with Gasteiger partial charge in [-0.2, -0.15) is 0 Å². The molecular formula is C30H48N4O8. The van der Waals surface area contributed by atoms with Crippen LogP contribution in [0.2, 0.25) is 0 Å². The van der Waals surface area contributed by atoms with Crippen LogP contribution < -0.4 is 21.3 Å². The molecule has 7 N–H and O–H groups in total. The maximum absolute atomic E-state index is 12.3. The summed E-state index contributed by atoms with van der Waals surface area (Å²) in [6.07, 6.45) is 6.71. The molecule has 0 saturated carbocycles. The first kappa shape index (κ1) is 36.5. The summed E-state index contributed by atoms with van der Waals surface area (Å²) in [5.74, 6) is -3.68. The highest BCUT2D eigenvalue weighted by Crippen LogP contribution is 2.08. The van der Waals surface area contributed by atoms with Gasteiger partial charge in [-0.3, -0.25) is 29.3 Å². The number of unbranched alkanes of at least 4 members (excludes halogenated alkanes) is 5. The molecule has 42 heavy (non-hydrogen) atoms. The maximum Gasteiger partial charge on any atom is 0.320 e. The summed E-state index contributed by atoms with van der Waals surface area (Å²) in [4.78, 5) is 57.8. The number of likely N-dealkylation sites (N-methyl/N-ethyl adjacent to an activating group) is 1. The normalized spacial score (nSPS) is 13.1. The quantitative estimate of drug-likeness (QED) is 0.0828. The molecule has 2 amide bonds. The summed E-state index contributed by atoms with van der Waals surface area (Å²) in [5, 5.41) is 38.8. The van der Waals surface area contributed by atoms with E-state index in [-0.39, 0.29) is 37.1 Å². The minimum Gasteiger partial charge on any atom is -0.481 e. The first-order valence-electron chi connectivity index (χ1n) is 14.8. The lowest BCUT2D eigenvalue weighted by molar-refractivity contribution is -0.143. The third-order valence-corrected chi connectivity index (χ3v) is 6.95. The van der Waals surface area contributed by atoms with Crippen LogP contribution in [-0.2, 0) is 30.4 Å². The van der Waals surface area contributed by atoms with Crippen LogP contribution in [0.25, 0.3) is 0 Å². The van der Waals surface area contributed by atoms with Crippen molar-refractivity contribution in [2.24, 2.45) is 0 Å². The molecule has 3 atom stereocenters. The van der Waals surface area contributed by atoms with E-state index in [1.54, 1.807) is 0 Å². The highest BCUT2D eigenvalue weighted by Gasteiger charge is 2.26. The van der Waals surface area contributed by atoms with Crippen molar-refractivity contribution in [3.05, 3.63) is 35.9 Å². The molecule has 0 aliphatic carbocycles. The van der Waals surface area contributed by atoms with E-state index in [0.29, 0.717) is 38.8 Å². The Kier molecular flexibility index (Phi) is 19.2. The van der Waals surface area contributed by atoms with Gasteiger partial charge in [0.15, 0.2) is 0 Å². The number of amides is 2. The number of carbonyl (C=O) groups is 5. The van der Waals surface area contributed by atoms with Gasteiger partial charge in [-0.15, -0.1) is 0 Å². The van der Waals surface area contributed by atoms with E-state index in [2.05, 4.69) is 33.4 Å². The molecule has 0 aromatic heterocycles. The highest BCUT2D eigenvalue weighted by molar-refractivity contribution is 5.78. The van der Waals surface area contributed by atoms with Crippen LogP contribution >= 0.6 is 0 Å². The summed E-state index contributed by atoms with van der Waals surface area (Å²) in [7, 11) is 1.87. The predicted octanol–water partition coefficient (Wildman–Crippen LogP) is 2.31. The minimum atomic E-state index is -1.30. The van der Waals surface area contributed by atoms with Crippen molar-refractivity contribution in [2.45, 2.75) is 102 Å². The van der Waals surface area contributed by atoms with Crippen molar-refractivity contribution < 1.29 is 39.3 Å². The number of carbonyl (C=O) groups excluding carboxylic acids is 2. The molecular weight excluding hydrogens is 544 g/mol. The number of rotatable bonds is 25. The van der Waals surface area contributed by atoms with Crippen LogP contribution in [0.15, 0.2) is 30.3 Å². The molecule has 236 valence electrons. The van der Waals surface area contributed by atoms with Crippen LogP contribution in [0.4, 0.5) is 0 Å². The van der Waals surface area contributed by atoms with Gasteiger partial charge in [0.05, 0.1) is 0 Å². The van der Waals surface area contributed by atoms with Gasteiger partial charge in [0, 0.05) is 38.4 Å². The van der Waals surface area contributed by atoms with Crippen molar-refractivity contribution in [3.63, 3.8) is 0 Å². The Morgan fingerprint density at radius 1 is 0.690 bits per heavy atom. The SMILES string of the molecule is CNC(CC(=O)NCCCCCCCC(=O)NCCCCC(N[C@@H](CCC(=O)O)C(=O)O)C(=O)O)Cc1ccccc1. The lowest BCUT2D eigenvalue weighted by Crippen LogP contribution is -2.47. The first-order chi connectivity index (χ1) is 20.1. The lowest BCUT2D eigenvalue weighted by atomic mass is 10.0. The second-order valence-electron chi connectivity index (χ2n) is 10.5. The molecule has 0 heterocycles. The van der Waals surface area contributed by atoms with E-state index in [9.17, 15) is 34.2 Å². The number of aliphatic carboxylic acids is 3. The van der Waals surface area contributed by atoms with Crippen LogP contribution in [0.5, 0.6) is 0 Å². The second kappa shape index (κ2) is 22.1. The molecule has 0 aliphatic heterocycles. The summed E-state index contributed by atoms with van der Waals surface area (Å²) in [5.41, 5.74) is 1.19. The zero-order valence-electron chi connectivity index (χ0n) is 24.6. The minimum absolute atomic E-state index is 0.0388. The third kappa shape index (κ3) is 18.0. The summed E-state index contributed by atoms with van der Waals surface area (Å²) in [6, 6.07) is 7.79. The van der Waals surface area contributed by atoms with E-state index in [4.69, 9.17) is 5.11 Å². The fourth-order valence-corrected chi connectivity index (χ4v) is 4.50. The van der Waals surface area contributed by atoms with Gasteiger partial charge in [-0.25, -0.2) is 0 Å². The molecule has 0 bridgehead atoms. The summed E-state index contributed by atoms with van der Waals surface area (Å²) < 4.78 is 0. The Bertz CT molecular complexity index is 960. The second-order valence-corrected chi connectivity index (χ2v) is 10.5. The van der Waals surface area contributed by atoms with Gasteiger partial charge in [0.2, 0.25) is 11.8 Å².